The number of hydrogen-bond donors (Lipinski definition) is 2. The zero-order valence-electron chi connectivity index (χ0n) is 9.29. The van der Waals surface area contributed by atoms with Crippen LogP contribution in [0.15, 0.2) is 18.2 Å². The standard InChI is InChI=1S/C11H15FN2O2/c1-7(6-15-2)16-10-4-3-8(12)5-9(10)11(13)14/h3-5,7H,6H2,1-2H3,(H3,13,14). The summed E-state index contributed by atoms with van der Waals surface area (Å²) in [6.07, 6.45) is -0.187. The van der Waals surface area contributed by atoms with Crippen LogP contribution in [0.4, 0.5) is 4.39 Å². The molecular formula is C11H15FN2O2. The zero-order chi connectivity index (χ0) is 12.1. The predicted octanol–water partition coefficient (Wildman–Crippen LogP) is 1.52. The van der Waals surface area contributed by atoms with Crippen molar-refractivity contribution < 1.29 is 13.9 Å². The number of benzene rings is 1. The maximum absolute atomic E-state index is 13.0. The largest absolute Gasteiger partial charge is 0.488 e. The Bertz CT molecular complexity index is 382. The van der Waals surface area contributed by atoms with Gasteiger partial charge >= 0.3 is 0 Å². The molecule has 1 unspecified atom stereocenters. The molecule has 0 aliphatic carbocycles. The van der Waals surface area contributed by atoms with E-state index in [1.165, 1.54) is 18.2 Å². The van der Waals surface area contributed by atoms with Crippen molar-refractivity contribution in [3.63, 3.8) is 0 Å². The van der Waals surface area contributed by atoms with Gasteiger partial charge in [-0.1, -0.05) is 0 Å². The van der Waals surface area contributed by atoms with Gasteiger partial charge in [0, 0.05) is 7.11 Å². The lowest BCUT2D eigenvalue weighted by molar-refractivity contribution is 0.0919. The minimum atomic E-state index is -0.447. The Morgan fingerprint density at radius 3 is 2.81 bits per heavy atom. The highest BCUT2D eigenvalue weighted by atomic mass is 19.1. The quantitative estimate of drug-likeness (QED) is 0.591. The van der Waals surface area contributed by atoms with E-state index in [0.29, 0.717) is 12.4 Å². The van der Waals surface area contributed by atoms with E-state index >= 15 is 0 Å². The molecule has 1 rings (SSSR count). The molecule has 0 bridgehead atoms. The number of nitrogen functional groups attached to an aromatic ring is 1. The highest BCUT2D eigenvalue weighted by molar-refractivity contribution is 5.97. The predicted molar refractivity (Wildman–Crippen MR) is 59.4 cm³/mol. The van der Waals surface area contributed by atoms with Crippen LogP contribution in [0.5, 0.6) is 5.75 Å². The lowest BCUT2D eigenvalue weighted by atomic mass is 10.2. The third-order valence-corrected chi connectivity index (χ3v) is 1.96. The fraction of sp³-hybridized carbons (Fsp3) is 0.364. The number of halogens is 1. The average molecular weight is 226 g/mol. The number of ether oxygens (including phenoxy) is 2. The first-order chi connectivity index (χ1) is 7.54. The smallest absolute Gasteiger partial charge is 0.130 e. The lowest BCUT2D eigenvalue weighted by Crippen LogP contribution is -2.21. The van der Waals surface area contributed by atoms with E-state index in [1.807, 2.05) is 6.92 Å². The molecule has 3 N–H and O–H groups in total. The van der Waals surface area contributed by atoms with E-state index in [-0.39, 0.29) is 17.5 Å². The maximum Gasteiger partial charge on any atom is 0.130 e. The number of nitrogens with one attached hydrogen (secondary N) is 1. The average Bonchev–Trinajstić information content (AvgIpc) is 2.20. The van der Waals surface area contributed by atoms with Crippen molar-refractivity contribution in [3.05, 3.63) is 29.6 Å². The van der Waals surface area contributed by atoms with Crippen LogP contribution in [0.3, 0.4) is 0 Å². The lowest BCUT2D eigenvalue weighted by Gasteiger charge is -2.16. The maximum atomic E-state index is 13.0. The second-order valence-corrected chi connectivity index (χ2v) is 3.44. The molecule has 1 aromatic carbocycles. The van der Waals surface area contributed by atoms with Gasteiger partial charge in [-0.2, -0.15) is 0 Å². The van der Waals surface area contributed by atoms with Crippen molar-refractivity contribution in [3.8, 4) is 5.75 Å². The van der Waals surface area contributed by atoms with E-state index in [4.69, 9.17) is 20.6 Å². The third kappa shape index (κ3) is 3.20. The minimum absolute atomic E-state index is 0.187. The van der Waals surface area contributed by atoms with E-state index in [0.717, 1.165) is 0 Å². The Labute approximate surface area is 93.7 Å². The van der Waals surface area contributed by atoms with E-state index < -0.39 is 5.82 Å². The van der Waals surface area contributed by atoms with E-state index in [9.17, 15) is 4.39 Å². The molecule has 4 nitrogen and oxygen atoms in total. The SMILES string of the molecule is COCC(C)Oc1ccc(F)cc1C(=N)N. The first-order valence-electron chi connectivity index (χ1n) is 4.84. The van der Waals surface area contributed by atoms with Gasteiger partial charge in [-0.05, 0) is 25.1 Å². The fourth-order valence-corrected chi connectivity index (χ4v) is 1.30. The molecule has 0 fully saturated rings. The number of nitrogens with two attached hydrogens (primary N) is 1. The van der Waals surface area contributed by atoms with Gasteiger partial charge in [0.25, 0.3) is 0 Å². The number of hydrogen-bond acceptors (Lipinski definition) is 3. The summed E-state index contributed by atoms with van der Waals surface area (Å²) in [5.41, 5.74) is 5.59. The second-order valence-electron chi connectivity index (χ2n) is 3.44. The molecule has 0 radical (unpaired) electrons. The number of amidine groups is 1. The van der Waals surface area contributed by atoms with Crippen molar-refractivity contribution in [2.75, 3.05) is 13.7 Å². The highest BCUT2D eigenvalue weighted by Crippen LogP contribution is 2.20. The Hall–Kier alpha value is -1.62. The first kappa shape index (κ1) is 12.4. The minimum Gasteiger partial charge on any atom is -0.488 e. The Kier molecular flexibility index (Phi) is 4.25. The summed E-state index contributed by atoms with van der Waals surface area (Å²) in [5.74, 6) is -0.283. The molecule has 88 valence electrons. The van der Waals surface area contributed by atoms with Crippen LogP contribution in [0, 0.1) is 11.2 Å². The van der Waals surface area contributed by atoms with Crippen molar-refractivity contribution in [1.29, 1.82) is 5.41 Å². The Morgan fingerprint density at radius 1 is 1.56 bits per heavy atom. The van der Waals surface area contributed by atoms with Gasteiger partial charge in [-0.15, -0.1) is 0 Å². The van der Waals surface area contributed by atoms with Crippen molar-refractivity contribution >= 4 is 5.84 Å². The molecule has 0 aliphatic rings. The van der Waals surface area contributed by atoms with Crippen LogP contribution in [-0.4, -0.2) is 25.7 Å². The zero-order valence-corrected chi connectivity index (χ0v) is 9.29. The molecular weight excluding hydrogens is 211 g/mol. The molecule has 0 aromatic heterocycles. The van der Waals surface area contributed by atoms with Crippen LogP contribution in [0.1, 0.15) is 12.5 Å². The van der Waals surface area contributed by atoms with Gasteiger partial charge in [0.2, 0.25) is 0 Å². The van der Waals surface area contributed by atoms with Crippen molar-refractivity contribution in [2.24, 2.45) is 5.73 Å². The molecule has 0 amide bonds. The van der Waals surface area contributed by atoms with Gasteiger partial charge in [-0.25, -0.2) is 4.39 Å². The normalized spacial score (nSPS) is 12.2. The molecule has 1 atom stereocenters. The van der Waals surface area contributed by atoms with Gasteiger partial charge in [0.05, 0.1) is 12.2 Å². The molecule has 0 saturated carbocycles. The van der Waals surface area contributed by atoms with Gasteiger partial charge in [0.15, 0.2) is 0 Å². The summed E-state index contributed by atoms with van der Waals surface area (Å²) in [4.78, 5) is 0. The van der Waals surface area contributed by atoms with E-state index in [1.54, 1.807) is 7.11 Å². The topological polar surface area (TPSA) is 68.3 Å². The summed E-state index contributed by atoms with van der Waals surface area (Å²) in [6.45, 7) is 2.23. The number of rotatable bonds is 5. The van der Waals surface area contributed by atoms with Crippen LogP contribution >= 0.6 is 0 Å². The fourth-order valence-electron chi connectivity index (χ4n) is 1.30. The van der Waals surface area contributed by atoms with Crippen molar-refractivity contribution in [1.82, 2.24) is 0 Å². The Balaban J connectivity index is 2.90. The molecule has 0 spiro atoms. The van der Waals surface area contributed by atoms with Gasteiger partial charge in [-0.3, -0.25) is 5.41 Å². The summed E-state index contributed by atoms with van der Waals surface area (Å²) in [7, 11) is 1.57. The van der Waals surface area contributed by atoms with E-state index in [2.05, 4.69) is 0 Å². The van der Waals surface area contributed by atoms with Crippen LogP contribution in [0.2, 0.25) is 0 Å². The van der Waals surface area contributed by atoms with Gasteiger partial charge in [0.1, 0.15) is 23.5 Å². The molecule has 0 heterocycles. The first-order valence-corrected chi connectivity index (χ1v) is 4.84. The molecule has 16 heavy (non-hydrogen) atoms. The van der Waals surface area contributed by atoms with Crippen LogP contribution < -0.4 is 10.5 Å². The van der Waals surface area contributed by atoms with Gasteiger partial charge < -0.3 is 15.2 Å². The summed E-state index contributed by atoms with van der Waals surface area (Å²) in [6, 6.07) is 3.90. The van der Waals surface area contributed by atoms with Crippen LogP contribution in [-0.2, 0) is 4.74 Å². The summed E-state index contributed by atoms with van der Waals surface area (Å²) < 4.78 is 23.4. The molecule has 0 saturated heterocycles. The second kappa shape index (κ2) is 5.46. The molecule has 5 heteroatoms. The third-order valence-electron chi connectivity index (χ3n) is 1.96. The monoisotopic (exact) mass is 226 g/mol. The Morgan fingerprint density at radius 2 is 2.25 bits per heavy atom. The van der Waals surface area contributed by atoms with Crippen LogP contribution in [0.25, 0.3) is 0 Å². The van der Waals surface area contributed by atoms with Crippen molar-refractivity contribution in [2.45, 2.75) is 13.0 Å². The summed E-state index contributed by atoms with van der Waals surface area (Å²) >= 11 is 0. The summed E-state index contributed by atoms with van der Waals surface area (Å²) in [5, 5.41) is 7.32. The molecule has 1 aromatic rings. The number of methoxy groups -OCH3 is 1. The highest BCUT2D eigenvalue weighted by Gasteiger charge is 2.11. The molecule has 0 aliphatic heterocycles.